The van der Waals surface area contributed by atoms with Crippen LogP contribution in [-0.4, -0.2) is 10.1 Å². The van der Waals surface area contributed by atoms with Crippen LogP contribution in [0.25, 0.3) is 11.4 Å². The number of aromatic nitrogens is 2. The van der Waals surface area contributed by atoms with Crippen LogP contribution in [0.1, 0.15) is 11.3 Å². The lowest BCUT2D eigenvalue weighted by Crippen LogP contribution is -1.88. The van der Waals surface area contributed by atoms with Gasteiger partial charge in [-0.15, -0.1) is 11.6 Å². The molecule has 0 amide bonds. The summed E-state index contributed by atoms with van der Waals surface area (Å²) < 4.78 is 17.7. The van der Waals surface area contributed by atoms with E-state index in [1.807, 2.05) is 0 Å². The van der Waals surface area contributed by atoms with E-state index in [1.165, 1.54) is 6.07 Å². The van der Waals surface area contributed by atoms with Crippen molar-refractivity contribution in [2.75, 3.05) is 0 Å². The Balaban J connectivity index is 2.49. The highest BCUT2D eigenvalue weighted by Crippen LogP contribution is 2.24. The summed E-state index contributed by atoms with van der Waals surface area (Å²) in [7, 11) is 0. The van der Waals surface area contributed by atoms with Gasteiger partial charge in [-0.2, -0.15) is 0 Å². The van der Waals surface area contributed by atoms with E-state index >= 15 is 0 Å². The van der Waals surface area contributed by atoms with Crippen molar-refractivity contribution in [2.45, 2.75) is 12.8 Å². The van der Waals surface area contributed by atoms with Gasteiger partial charge >= 0.3 is 0 Å². The second-order valence-corrected chi connectivity index (χ2v) is 3.33. The molecule has 2 aromatic heterocycles. The van der Waals surface area contributed by atoms with E-state index in [1.54, 1.807) is 13.0 Å². The highest BCUT2D eigenvalue weighted by molar-refractivity contribution is 6.17. The van der Waals surface area contributed by atoms with Gasteiger partial charge in [0.15, 0.2) is 0 Å². The number of aryl methyl sites for hydroxylation is 1. The average molecular weight is 227 g/mol. The summed E-state index contributed by atoms with van der Waals surface area (Å²) in [6.07, 6.45) is 1.14. The molecule has 0 aliphatic rings. The van der Waals surface area contributed by atoms with Gasteiger partial charge in [0.05, 0.1) is 17.8 Å². The Morgan fingerprint density at radius 1 is 1.47 bits per heavy atom. The molecule has 0 aromatic carbocycles. The minimum Gasteiger partial charge on any atom is -0.361 e. The lowest BCUT2D eigenvalue weighted by atomic mass is 10.1. The highest BCUT2D eigenvalue weighted by atomic mass is 35.5. The van der Waals surface area contributed by atoms with Gasteiger partial charge in [-0.1, -0.05) is 5.16 Å². The van der Waals surface area contributed by atoms with Gasteiger partial charge < -0.3 is 4.52 Å². The second-order valence-electron chi connectivity index (χ2n) is 3.06. The Bertz CT molecular complexity index is 467. The first-order chi connectivity index (χ1) is 7.22. The molecular weight excluding hydrogens is 219 g/mol. The SMILES string of the molecule is Cc1onc(-c2ccc(F)cn2)c1CCl. The summed E-state index contributed by atoms with van der Waals surface area (Å²) in [5, 5.41) is 3.84. The fourth-order valence-corrected chi connectivity index (χ4v) is 1.58. The first-order valence-electron chi connectivity index (χ1n) is 4.35. The summed E-state index contributed by atoms with van der Waals surface area (Å²) >= 11 is 5.76. The molecule has 2 aromatic rings. The van der Waals surface area contributed by atoms with Crippen molar-refractivity contribution in [1.29, 1.82) is 0 Å². The third-order valence-corrected chi connectivity index (χ3v) is 2.36. The number of nitrogens with zero attached hydrogens (tertiary/aromatic N) is 2. The zero-order chi connectivity index (χ0) is 10.8. The molecule has 3 nitrogen and oxygen atoms in total. The van der Waals surface area contributed by atoms with Crippen LogP contribution in [0.5, 0.6) is 0 Å². The Morgan fingerprint density at radius 2 is 2.27 bits per heavy atom. The molecule has 2 heterocycles. The molecule has 0 aliphatic carbocycles. The Labute approximate surface area is 90.9 Å². The van der Waals surface area contributed by atoms with Crippen molar-refractivity contribution in [3.05, 3.63) is 35.5 Å². The maximum atomic E-state index is 12.7. The Hall–Kier alpha value is -1.42. The molecule has 0 saturated heterocycles. The molecule has 0 fully saturated rings. The van der Waals surface area contributed by atoms with Gasteiger partial charge in [0.1, 0.15) is 17.3 Å². The van der Waals surface area contributed by atoms with Crippen LogP contribution in [0.4, 0.5) is 4.39 Å². The van der Waals surface area contributed by atoms with Gasteiger partial charge in [-0.05, 0) is 19.1 Å². The van der Waals surface area contributed by atoms with E-state index in [4.69, 9.17) is 16.1 Å². The predicted molar refractivity (Wildman–Crippen MR) is 54.0 cm³/mol. The Kier molecular flexibility index (Phi) is 2.68. The molecule has 0 radical (unpaired) electrons. The number of alkyl halides is 1. The Morgan fingerprint density at radius 3 is 2.87 bits per heavy atom. The minimum atomic E-state index is -0.383. The van der Waals surface area contributed by atoms with Gasteiger partial charge in [-0.3, -0.25) is 4.98 Å². The first kappa shape index (κ1) is 10.1. The molecule has 0 bridgehead atoms. The van der Waals surface area contributed by atoms with Gasteiger partial charge in [0.25, 0.3) is 0 Å². The summed E-state index contributed by atoms with van der Waals surface area (Å²) in [4.78, 5) is 3.91. The fraction of sp³-hybridized carbons (Fsp3) is 0.200. The molecule has 78 valence electrons. The molecule has 2 rings (SSSR count). The smallest absolute Gasteiger partial charge is 0.141 e. The number of hydrogen-bond acceptors (Lipinski definition) is 3. The van der Waals surface area contributed by atoms with Crippen molar-refractivity contribution < 1.29 is 8.91 Å². The molecule has 0 saturated carbocycles. The van der Waals surface area contributed by atoms with Crippen LogP contribution in [0.15, 0.2) is 22.9 Å². The van der Waals surface area contributed by atoms with Crippen LogP contribution < -0.4 is 0 Å². The van der Waals surface area contributed by atoms with Crippen molar-refractivity contribution >= 4 is 11.6 Å². The van der Waals surface area contributed by atoms with Crippen molar-refractivity contribution in [3.63, 3.8) is 0 Å². The van der Waals surface area contributed by atoms with Crippen LogP contribution in [0.2, 0.25) is 0 Å². The largest absolute Gasteiger partial charge is 0.361 e. The molecule has 0 atom stereocenters. The average Bonchev–Trinajstić information content (AvgIpc) is 2.61. The molecule has 0 unspecified atom stereocenters. The number of rotatable bonds is 2. The number of halogens is 2. The van der Waals surface area contributed by atoms with Gasteiger partial charge in [0, 0.05) is 5.56 Å². The molecule has 5 heteroatoms. The third-order valence-electron chi connectivity index (χ3n) is 2.09. The van der Waals surface area contributed by atoms with Crippen LogP contribution in [0, 0.1) is 12.7 Å². The van der Waals surface area contributed by atoms with Crippen LogP contribution >= 0.6 is 11.6 Å². The van der Waals surface area contributed by atoms with E-state index < -0.39 is 0 Å². The van der Waals surface area contributed by atoms with E-state index in [2.05, 4.69) is 10.1 Å². The normalized spacial score (nSPS) is 10.6. The lowest BCUT2D eigenvalue weighted by molar-refractivity contribution is 0.398. The summed E-state index contributed by atoms with van der Waals surface area (Å²) in [5.74, 6) is 0.571. The lowest BCUT2D eigenvalue weighted by Gasteiger charge is -1.97. The molecule has 0 aliphatic heterocycles. The van der Waals surface area contributed by atoms with Crippen LogP contribution in [-0.2, 0) is 5.88 Å². The van der Waals surface area contributed by atoms with Crippen molar-refractivity contribution in [3.8, 4) is 11.4 Å². The summed E-state index contributed by atoms with van der Waals surface area (Å²) in [6.45, 7) is 1.78. The highest BCUT2D eigenvalue weighted by Gasteiger charge is 2.14. The predicted octanol–water partition coefficient (Wildman–Crippen LogP) is 2.92. The van der Waals surface area contributed by atoms with E-state index in [0.29, 0.717) is 23.0 Å². The minimum absolute atomic E-state index is 0.295. The summed E-state index contributed by atoms with van der Waals surface area (Å²) in [6, 6.07) is 2.87. The molecule has 0 spiro atoms. The molecular formula is C10H8ClFN2O. The van der Waals surface area contributed by atoms with Gasteiger partial charge in [0.2, 0.25) is 0 Å². The monoisotopic (exact) mass is 226 g/mol. The second kappa shape index (κ2) is 3.98. The van der Waals surface area contributed by atoms with Crippen LogP contribution in [0.3, 0.4) is 0 Å². The summed E-state index contributed by atoms with van der Waals surface area (Å²) in [5.41, 5.74) is 1.92. The molecule has 15 heavy (non-hydrogen) atoms. The third kappa shape index (κ3) is 1.85. The van der Waals surface area contributed by atoms with E-state index in [0.717, 1.165) is 11.8 Å². The van der Waals surface area contributed by atoms with Gasteiger partial charge in [-0.25, -0.2) is 4.39 Å². The molecule has 0 N–H and O–H groups in total. The van der Waals surface area contributed by atoms with E-state index in [-0.39, 0.29) is 5.82 Å². The maximum absolute atomic E-state index is 12.7. The quantitative estimate of drug-likeness (QED) is 0.739. The van der Waals surface area contributed by atoms with Crippen molar-refractivity contribution in [2.24, 2.45) is 0 Å². The standard InChI is InChI=1S/C10H8ClFN2O/c1-6-8(4-11)10(14-15-6)9-3-2-7(12)5-13-9/h2-3,5H,4H2,1H3. The fourth-order valence-electron chi connectivity index (χ4n) is 1.27. The number of hydrogen-bond donors (Lipinski definition) is 0. The zero-order valence-corrected chi connectivity index (χ0v) is 8.75. The number of pyridine rings is 1. The van der Waals surface area contributed by atoms with E-state index in [9.17, 15) is 4.39 Å². The topological polar surface area (TPSA) is 38.9 Å². The first-order valence-corrected chi connectivity index (χ1v) is 4.89. The zero-order valence-electron chi connectivity index (χ0n) is 8.00. The maximum Gasteiger partial charge on any atom is 0.141 e. The van der Waals surface area contributed by atoms with Crippen molar-refractivity contribution in [1.82, 2.24) is 10.1 Å².